The topological polar surface area (TPSA) is 51.2 Å². The number of nitrogens with zero attached hydrogens (tertiary/aromatic N) is 4. The van der Waals surface area contributed by atoms with Crippen LogP contribution in [0, 0.1) is 0 Å². The lowest BCUT2D eigenvalue weighted by Gasteiger charge is -2.39. The van der Waals surface area contributed by atoms with Crippen LogP contribution in [0.4, 0.5) is 0 Å². The van der Waals surface area contributed by atoms with E-state index in [1.54, 1.807) is 0 Å². The van der Waals surface area contributed by atoms with Gasteiger partial charge in [0, 0.05) is 58.1 Å². The molecule has 0 aromatic carbocycles. The summed E-state index contributed by atoms with van der Waals surface area (Å²) in [6.45, 7) is 10.8. The fraction of sp³-hybridized carbons (Fsp3) is 0.882. The summed E-state index contributed by atoms with van der Waals surface area (Å²) in [6, 6.07) is -0.00302. The van der Waals surface area contributed by atoms with Gasteiger partial charge in [-0.2, -0.15) is 11.8 Å². The summed E-state index contributed by atoms with van der Waals surface area (Å²) < 4.78 is 0. The molecule has 0 aromatic heterocycles. The SMILES string of the molecule is CN=C(NCC(C)SC)N1CCN(C(C)C(=O)N2CCCC2)CC1.I. The van der Waals surface area contributed by atoms with E-state index in [2.05, 4.69) is 40.2 Å². The highest BCUT2D eigenvalue weighted by molar-refractivity contribution is 14.0. The molecule has 146 valence electrons. The van der Waals surface area contributed by atoms with Crippen molar-refractivity contribution in [2.45, 2.75) is 38.0 Å². The van der Waals surface area contributed by atoms with Gasteiger partial charge in [-0.25, -0.2) is 0 Å². The summed E-state index contributed by atoms with van der Waals surface area (Å²) in [7, 11) is 1.85. The first kappa shape index (κ1) is 22.8. The fourth-order valence-corrected chi connectivity index (χ4v) is 3.58. The minimum Gasteiger partial charge on any atom is -0.355 e. The highest BCUT2D eigenvalue weighted by Crippen LogP contribution is 2.14. The van der Waals surface area contributed by atoms with E-state index in [0.717, 1.165) is 64.6 Å². The van der Waals surface area contributed by atoms with Crippen molar-refractivity contribution in [2.75, 3.05) is 59.1 Å². The van der Waals surface area contributed by atoms with Crippen molar-refractivity contribution in [2.24, 2.45) is 4.99 Å². The molecule has 0 radical (unpaired) electrons. The summed E-state index contributed by atoms with van der Waals surface area (Å²) in [5.74, 6) is 1.28. The van der Waals surface area contributed by atoms with Crippen LogP contribution in [-0.4, -0.2) is 97.0 Å². The monoisotopic (exact) mass is 483 g/mol. The summed E-state index contributed by atoms with van der Waals surface area (Å²) in [5.41, 5.74) is 0. The minimum atomic E-state index is -0.00302. The van der Waals surface area contributed by atoms with Crippen molar-refractivity contribution in [3.63, 3.8) is 0 Å². The molecule has 2 aliphatic rings. The van der Waals surface area contributed by atoms with Crippen LogP contribution in [0.25, 0.3) is 0 Å². The molecule has 6 nitrogen and oxygen atoms in total. The maximum absolute atomic E-state index is 12.6. The van der Waals surface area contributed by atoms with Crippen LogP contribution in [-0.2, 0) is 4.79 Å². The molecule has 0 aliphatic carbocycles. The number of amides is 1. The molecule has 2 unspecified atom stereocenters. The Morgan fingerprint density at radius 1 is 1.08 bits per heavy atom. The van der Waals surface area contributed by atoms with Gasteiger partial charge in [0.2, 0.25) is 5.91 Å². The second-order valence-electron chi connectivity index (χ2n) is 6.71. The third-order valence-electron chi connectivity index (χ3n) is 5.10. The second-order valence-corrected chi connectivity index (χ2v) is 7.98. The van der Waals surface area contributed by atoms with Gasteiger partial charge in [-0.05, 0) is 26.0 Å². The van der Waals surface area contributed by atoms with E-state index < -0.39 is 0 Å². The molecule has 2 fully saturated rings. The van der Waals surface area contributed by atoms with Gasteiger partial charge in [0.25, 0.3) is 0 Å². The summed E-state index contributed by atoms with van der Waals surface area (Å²) in [4.78, 5) is 23.6. The Morgan fingerprint density at radius 3 is 2.20 bits per heavy atom. The zero-order valence-electron chi connectivity index (χ0n) is 16.0. The molecule has 1 N–H and O–H groups in total. The number of rotatable bonds is 5. The van der Waals surface area contributed by atoms with Crippen LogP contribution < -0.4 is 5.32 Å². The first-order valence-electron chi connectivity index (χ1n) is 9.08. The van der Waals surface area contributed by atoms with E-state index in [0.29, 0.717) is 11.2 Å². The number of carbonyl (C=O) groups is 1. The second kappa shape index (κ2) is 11.5. The third kappa shape index (κ3) is 6.46. The molecule has 0 bridgehead atoms. The first-order chi connectivity index (χ1) is 11.6. The Morgan fingerprint density at radius 2 is 1.68 bits per heavy atom. The van der Waals surface area contributed by atoms with Gasteiger partial charge in [0.05, 0.1) is 6.04 Å². The van der Waals surface area contributed by atoms with Crippen molar-refractivity contribution in [3.05, 3.63) is 0 Å². The predicted molar refractivity (Wildman–Crippen MR) is 118 cm³/mol. The van der Waals surface area contributed by atoms with Crippen molar-refractivity contribution in [1.82, 2.24) is 20.0 Å². The average molecular weight is 483 g/mol. The van der Waals surface area contributed by atoms with E-state index in [1.165, 1.54) is 0 Å². The Hall–Kier alpha value is -0.220. The van der Waals surface area contributed by atoms with Crippen LogP contribution in [0.3, 0.4) is 0 Å². The van der Waals surface area contributed by atoms with Gasteiger partial charge >= 0.3 is 0 Å². The molecule has 0 aromatic rings. The summed E-state index contributed by atoms with van der Waals surface area (Å²) in [5, 5.41) is 4.03. The maximum atomic E-state index is 12.6. The molecular formula is C17H34IN5OS. The van der Waals surface area contributed by atoms with Gasteiger partial charge in [-0.15, -0.1) is 24.0 Å². The van der Waals surface area contributed by atoms with Crippen molar-refractivity contribution in [1.29, 1.82) is 0 Å². The molecule has 1 amide bonds. The average Bonchev–Trinajstić information content (AvgIpc) is 3.16. The standard InChI is InChI=1S/C17H33N5OS.HI/c1-14(24-4)13-19-17(18-3)22-11-9-20(10-12-22)15(2)16(23)21-7-5-6-8-21;/h14-15H,5-13H2,1-4H3,(H,18,19);1H. The molecule has 2 atom stereocenters. The van der Waals surface area contributed by atoms with Gasteiger partial charge in [0.1, 0.15) is 0 Å². The lowest BCUT2D eigenvalue weighted by molar-refractivity contribution is -0.135. The zero-order valence-corrected chi connectivity index (χ0v) is 19.2. The smallest absolute Gasteiger partial charge is 0.239 e. The lowest BCUT2D eigenvalue weighted by atomic mass is 10.2. The number of nitrogens with one attached hydrogen (secondary N) is 1. The fourth-order valence-electron chi connectivity index (χ4n) is 3.33. The molecular weight excluding hydrogens is 449 g/mol. The van der Waals surface area contributed by atoms with Crippen molar-refractivity contribution >= 4 is 47.6 Å². The minimum absolute atomic E-state index is 0. The third-order valence-corrected chi connectivity index (χ3v) is 6.07. The molecule has 2 saturated heterocycles. The Bertz CT molecular complexity index is 437. The zero-order chi connectivity index (χ0) is 17.5. The van der Waals surface area contributed by atoms with Gasteiger partial charge in [0.15, 0.2) is 5.96 Å². The highest BCUT2D eigenvalue weighted by atomic mass is 127. The van der Waals surface area contributed by atoms with Crippen LogP contribution in [0.2, 0.25) is 0 Å². The van der Waals surface area contributed by atoms with E-state index >= 15 is 0 Å². The maximum Gasteiger partial charge on any atom is 0.239 e. The Labute approximate surface area is 174 Å². The lowest BCUT2D eigenvalue weighted by Crippen LogP contribution is -2.57. The molecule has 0 spiro atoms. The highest BCUT2D eigenvalue weighted by Gasteiger charge is 2.30. The van der Waals surface area contributed by atoms with Crippen LogP contribution in [0.1, 0.15) is 26.7 Å². The number of aliphatic imine (C=N–C) groups is 1. The molecule has 2 aliphatic heterocycles. The van der Waals surface area contributed by atoms with Gasteiger partial charge in [-0.1, -0.05) is 6.92 Å². The van der Waals surface area contributed by atoms with E-state index in [9.17, 15) is 4.79 Å². The van der Waals surface area contributed by atoms with Crippen LogP contribution in [0.15, 0.2) is 4.99 Å². The van der Waals surface area contributed by atoms with Crippen LogP contribution in [0.5, 0.6) is 0 Å². The van der Waals surface area contributed by atoms with E-state index in [1.807, 2.05) is 23.7 Å². The van der Waals surface area contributed by atoms with Crippen LogP contribution >= 0.6 is 35.7 Å². The predicted octanol–water partition coefficient (Wildman–Crippen LogP) is 1.56. The first-order valence-corrected chi connectivity index (χ1v) is 10.4. The molecule has 0 saturated carbocycles. The number of thioether (sulfide) groups is 1. The number of halogens is 1. The molecule has 8 heteroatoms. The number of carbonyl (C=O) groups excluding carboxylic acids is 1. The largest absolute Gasteiger partial charge is 0.355 e. The van der Waals surface area contributed by atoms with Gasteiger partial charge in [-0.3, -0.25) is 14.7 Å². The number of hydrogen-bond acceptors (Lipinski definition) is 4. The normalized spacial score (nSPS) is 21.7. The number of likely N-dealkylation sites (tertiary alicyclic amines) is 1. The number of hydrogen-bond donors (Lipinski definition) is 1. The summed E-state index contributed by atoms with van der Waals surface area (Å²) in [6.07, 6.45) is 4.44. The van der Waals surface area contributed by atoms with Crippen molar-refractivity contribution in [3.8, 4) is 0 Å². The van der Waals surface area contributed by atoms with E-state index in [-0.39, 0.29) is 30.0 Å². The molecule has 2 rings (SSSR count). The molecule has 2 heterocycles. The summed E-state index contributed by atoms with van der Waals surface area (Å²) >= 11 is 1.86. The number of piperazine rings is 1. The van der Waals surface area contributed by atoms with Gasteiger partial charge < -0.3 is 15.1 Å². The number of guanidine groups is 1. The van der Waals surface area contributed by atoms with E-state index in [4.69, 9.17) is 0 Å². The Kier molecular flexibility index (Phi) is 10.5. The Balaban J connectivity index is 0.00000312. The quantitative estimate of drug-likeness (QED) is 0.366. The van der Waals surface area contributed by atoms with Crippen molar-refractivity contribution < 1.29 is 4.79 Å². The molecule has 25 heavy (non-hydrogen) atoms.